The Labute approximate surface area is 103 Å². The van der Waals surface area contributed by atoms with Crippen LogP contribution in [-0.2, 0) is 4.74 Å². The molecule has 2 aliphatic carbocycles. The van der Waals surface area contributed by atoms with Gasteiger partial charge >= 0.3 is 6.09 Å². The molecular weight excluding hydrogens is 216 g/mol. The molecule has 4 nitrogen and oxygen atoms in total. The molecule has 2 fully saturated rings. The molecule has 0 bridgehead atoms. The van der Waals surface area contributed by atoms with Crippen molar-refractivity contribution in [2.24, 2.45) is 0 Å². The van der Waals surface area contributed by atoms with Crippen LogP contribution in [0.3, 0.4) is 0 Å². The summed E-state index contributed by atoms with van der Waals surface area (Å²) < 4.78 is 5.31. The van der Waals surface area contributed by atoms with E-state index in [9.17, 15) is 4.79 Å². The zero-order chi connectivity index (χ0) is 12.5. The van der Waals surface area contributed by atoms with E-state index in [1.54, 1.807) is 0 Å². The second-order valence-electron chi connectivity index (χ2n) is 6.42. The van der Waals surface area contributed by atoms with Gasteiger partial charge in [-0.05, 0) is 52.9 Å². The molecule has 2 saturated carbocycles. The van der Waals surface area contributed by atoms with Crippen LogP contribution in [0.15, 0.2) is 0 Å². The quantitative estimate of drug-likeness (QED) is 0.792. The number of hydrogen-bond donors (Lipinski definition) is 2. The van der Waals surface area contributed by atoms with Crippen LogP contribution in [0.25, 0.3) is 0 Å². The van der Waals surface area contributed by atoms with E-state index in [0.29, 0.717) is 6.04 Å². The number of amides is 1. The van der Waals surface area contributed by atoms with Crippen LogP contribution in [-0.4, -0.2) is 29.8 Å². The molecule has 98 valence electrons. The summed E-state index contributed by atoms with van der Waals surface area (Å²) in [5.41, 5.74) is -0.468. The van der Waals surface area contributed by atoms with Gasteiger partial charge < -0.3 is 15.4 Å². The van der Waals surface area contributed by atoms with Gasteiger partial charge in [-0.1, -0.05) is 0 Å². The van der Waals surface area contributed by atoms with Crippen LogP contribution in [0.2, 0.25) is 0 Å². The Morgan fingerprint density at radius 1 is 1.35 bits per heavy atom. The summed E-state index contributed by atoms with van der Waals surface area (Å²) >= 11 is 0. The van der Waals surface area contributed by atoms with Gasteiger partial charge in [0, 0.05) is 12.6 Å². The second-order valence-corrected chi connectivity index (χ2v) is 6.42. The summed E-state index contributed by atoms with van der Waals surface area (Å²) in [5.74, 6) is 0. The number of alkyl carbamates (subject to hydrolysis) is 1. The highest BCUT2D eigenvalue weighted by Crippen LogP contribution is 2.32. The van der Waals surface area contributed by atoms with Gasteiger partial charge in [0.25, 0.3) is 0 Å². The molecule has 0 radical (unpaired) electrons. The fraction of sp³-hybridized carbons (Fsp3) is 0.923. The lowest BCUT2D eigenvalue weighted by Gasteiger charge is -2.43. The lowest BCUT2D eigenvalue weighted by molar-refractivity contribution is 0.0382. The molecule has 0 saturated heterocycles. The topological polar surface area (TPSA) is 50.4 Å². The number of ether oxygens (including phenoxy) is 1. The first kappa shape index (κ1) is 12.7. The largest absolute Gasteiger partial charge is 0.444 e. The first-order valence-electron chi connectivity index (χ1n) is 6.63. The molecule has 2 rings (SSSR count). The second kappa shape index (κ2) is 4.48. The summed E-state index contributed by atoms with van der Waals surface area (Å²) in [7, 11) is 0. The van der Waals surface area contributed by atoms with Gasteiger partial charge in [0.1, 0.15) is 5.60 Å². The van der Waals surface area contributed by atoms with Crippen molar-refractivity contribution in [2.45, 2.75) is 70.1 Å². The molecule has 0 unspecified atom stereocenters. The normalized spacial score (nSPS) is 22.8. The predicted molar refractivity (Wildman–Crippen MR) is 67.0 cm³/mol. The average Bonchev–Trinajstić information content (AvgIpc) is 2.89. The minimum atomic E-state index is -0.418. The third-order valence-corrected chi connectivity index (χ3v) is 3.38. The van der Waals surface area contributed by atoms with Crippen LogP contribution in [0.4, 0.5) is 4.79 Å². The number of rotatable bonds is 4. The van der Waals surface area contributed by atoms with Gasteiger partial charge in [-0.15, -0.1) is 0 Å². The van der Waals surface area contributed by atoms with Crippen LogP contribution >= 0.6 is 0 Å². The van der Waals surface area contributed by atoms with Gasteiger partial charge in [0.15, 0.2) is 0 Å². The van der Waals surface area contributed by atoms with Crippen LogP contribution in [0, 0.1) is 0 Å². The van der Waals surface area contributed by atoms with E-state index in [0.717, 1.165) is 19.4 Å². The van der Waals surface area contributed by atoms with Crippen LogP contribution in [0.1, 0.15) is 52.9 Å². The zero-order valence-corrected chi connectivity index (χ0v) is 11.1. The monoisotopic (exact) mass is 240 g/mol. The molecule has 2 aliphatic rings. The van der Waals surface area contributed by atoms with Gasteiger partial charge in [0.05, 0.1) is 5.54 Å². The summed E-state index contributed by atoms with van der Waals surface area (Å²) in [6.07, 6.45) is 5.60. The summed E-state index contributed by atoms with van der Waals surface area (Å²) in [5, 5.41) is 6.54. The third-order valence-electron chi connectivity index (χ3n) is 3.38. The molecule has 4 heteroatoms. The lowest BCUT2D eigenvalue weighted by Crippen LogP contribution is -2.60. The van der Waals surface area contributed by atoms with E-state index < -0.39 is 5.60 Å². The molecule has 1 amide bonds. The molecule has 0 aromatic heterocycles. The van der Waals surface area contributed by atoms with Crippen molar-refractivity contribution in [1.82, 2.24) is 10.6 Å². The Balaban J connectivity index is 1.79. The smallest absolute Gasteiger partial charge is 0.408 e. The first-order chi connectivity index (χ1) is 7.89. The Morgan fingerprint density at radius 2 is 2.00 bits per heavy atom. The number of carbonyl (C=O) groups is 1. The van der Waals surface area contributed by atoms with Gasteiger partial charge in [-0.2, -0.15) is 0 Å². The standard InChI is InChI=1S/C13H24N2O2/c1-12(2,3)17-11(16)15-13(7-4-8-13)9-14-10-5-6-10/h10,14H,4-9H2,1-3H3,(H,15,16). The highest BCUT2D eigenvalue weighted by atomic mass is 16.6. The highest BCUT2D eigenvalue weighted by molar-refractivity contribution is 5.69. The Kier molecular flexibility index (Phi) is 3.34. The van der Waals surface area contributed by atoms with Crippen LogP contribution in [0.5, 0.6) is 0 Å². The predicted octanol–water partition coefficient (Wildman–Crippen LogP) is 2.19. The fourth-order valence-electron chi connectivity index (χ4n) is 2.10. The summed E-state index contributed by atoms with van der Waals surface area (Å²) in [4.78, 5) is 11.8. The van der Waals surface area contributed by atoms with Gasteiger partial charge in [-0.3, -0.25) is 0 Å². The van der Waals surface area contributed by atoms with E-state index >= 15 is 0 Å². The van der Waals surface area contributed by atoms with Gasteiger partial charge in [0.2, 0.25) is 0 Å². The van der Waals surface area contributed by atoms with Crippen molar-refractivity contribution < 1.29 is 9.53 Å². The molecule has 0 aliphatic heterocycles. The van der Waals surface area contributed by atoms with Crippen molar-refractivity contribution in [3.05, 3.63) is 0 Å². The molecule has 2 N–H and O–H groups in total. The summed E-state index contributed by atoms with van der Waals surface area (Å²) in [6.45, 7) is 6.56. The number of nitrogens with one attached hydrogen (secondary N) is 2. The number of carbonyl (C=O) groups excluding carboxylic acids is 1. The maximum atomic E-state index is 11.8. The van der Waals surface area contributed by atoms with Gasteiger partial charge in [-0.25, -0.2) is 4.79 Å². The van der Waals surface area contributed by atoms with E-state index in [4.69, 9.17) is 4.74 Å². The maximum absolute atomic E-state index is 11.8. The number of hydrogen-bond acceptors (Lipinski definition) is 3. The van der Waals surface area contributed by atoms with E-state index in [-0.39, 0.29) is 11.6 Å². The summed E-state index contributed by atoms with van der Waals surface area (Å²) in [6, 6.07) is 0.688. The van der Waals surface area contributed by atoms with Crippen molar-refractivity contribution in [1.29, 1.82) is 0 Å². The Bertz CT molecular complexity index is 288. The molecule has 0 spiro atoms. The van der Waals surface area contributed by atoms with E-state index in [2.05, 4.69) is 10.6 Å². The highest BCUT2D eigenvalue weighted by Gasteiger charge is 2.40. The zero-order valence-electron chi connectivity index (χ0n) is 11.1. The molecular formula is C13H24N2O2. The average molecular weight is 240 g/mol. The lowest BCUT2D eigenvalue weighted by atomic mass is 9.76. The Hall–Kier alpha value is -0.770. The van der Waals surface area contributed by atoms with E-state index in [1.807, 2.05) is 20.8 Å². The fourth-order valence-corrected chi connectivity index (χ4v) is 2.10. The minimum absolute atomic E-state index is 0.0507. The third kappa shape index (κ3) is 3.87. The minimum Gasteiger partial charge on any atom is -0.444 e. The van der Waals surface area contributed by atoms with E-state index in [1.165, 1.54) is 19.3 Å². The first-order valence-corrected chi connectivity index (χ1v) is 6.63. The van der Waals surface area contributed by atoms with Crippen molar-refractivity contribution in [2.75, 3.05) is 6.54 Å². The Morgan fingerprint density at radius 3 is 2.41 bits per heavy atom. The molecule has 17 heavy (non-hydrogen) atoms. The van der Waals surface area contributed by atoms with Crippen molar-refractivity contribution in [3.63, 3.8) is 0 Å². The van der Waals surface area contributed by atoms with Crippen LogP contribution < -0.4 is 10.6 Å². The SMILES string of the molecule is CC(C)(C)OC(=O)NC1(CNC2CC2)CCC1. The molecule has 0 aromatic carbocycles. The molecule has 0 aromatic rings. The molecule has 0 atom stereocenters. The molecule has 0 heterocycles. The van der Waals surface area contributed by atoms with Crippen molar-refractivity contribution in [3.8, 4) is 0 Å². The maximum Gasteiger partial charge on any atom is 0.408 e. The van der Waals surface area contributed by atoms with Crippen molar-refractivity contribution >= 4 is 6.09 Å².